The monoisotopic (exact) mass is 268 g/mol. The lowest BCUT2D eigenvalue weighted by atomic mass is 10.2. The second-order valence-electron chi connectivity index (χ2n) is 4.72. The zero-order chi connectivity index (χ0) is 13.2. The molecule has 0 radical (unpaired) electrons. The van der Waals surface area contributed by atoms with Crippen LogP contribution in [0.15, 0.2) is 29.2 Å². The average Bonchev–Trinajstić information content (AvgIpc) is 2.39. The van der Waals surface area contributed by atoms with Gasteiger partial charge in [-0.2, -0.15) is 4.31 Å². The van der Waals surface area contributed by atoms with Gasteiger partial charge in [-0.3, -0.25) is 0 Å². The Morgan fingerprint density at radius 3 is 2.89 bits per heavy atom. The zero-order valence-electron chi connectivity index (χ0n) is 10.9. The minimum atomic E-state index is -3.33. The van der Waals surface area contributed by atoms with Crippen LogP contribution in [0.25, 0.3) is 0 Å². The third-order valence-electron chi connectivity index (χ3n) is 3.28. The molecule has 0 saturated carbocycles. The standard InChI is InChI=1S/C13H20N2O2S/c1-3-12-5-4-6-13(9-12)18(16,17)15-8-7-14-11(2)10-15/h4-6,9,11,14H,3,7-8,10H2,1-2H3. The quantitative estimate of drug-likeness (QED) is 0.897. The summed E-state index contributed by atoms with van der Waals surface area (Å²) < 4.78 is 26.6. The highest BCUT2D eigenvalue weighted by Crippen LogP contribution is 2.18. The molecule has 5 heteroatoms. The second-order valence-corrected chi connectivity index (χ2v) is 6.66. The smallest absolute Gasteiger partial charge is 0.243 e. The Labute approximate surface area is 109 Å². The number of nitrogens with zero attached hydrogens (tertiary/aromatic N) is 1. The van der Waals surface area contributed by atoms with Crippen LogP contribution in [-0.4, -0.2) is 38.4 Å². The Morgan fingerprint density at radius 1 is 1.44 bits per heavy atom. The van der Waals surface area contributed by atoms with E-state index in [0.29, 0.717) is 24.5 Å². The van der Waals surface area contributed by atoms with Crippen molar-refractivity contribution >= 4 is 10.0 Å². The molecule has 1 fully saturated rings. The highest BCUT2D eigenvalue weighted by atomic mass is 32.2. The van der Waals surface area contributed by atoms with Gasteiger partial charge in [0.05, 0.1) is 4.90 Å². The molecule has 1 aliphatic heterocycles. The molecule has 1 unspecified atom stereocenters. The van der Waals surface area contributed by atoms with Gasteiger partial charge in [-0.15, -0.1) is 0 Å². The van der Waals surface area contributed by atoms with Crippen molar-refractivity contribution in [2.45, 2.75) is 31.2 Å². The molecular formula is C13H20N2O2S. The molecule has 100 valence electrons. The maximum atomic E-state index is 12.5. The number of benzene rings is 1. The van der Waals surface area contributed by atoms with E-state index in [2.05, 4.69) is 5.32 Å². The lowest BCUT2D eigenvalue weighted by molar-refractivity contribution is 0.310. The Kier molecular flexibility index (Phi) is 4.04. The zero-order valence-corrected chi connectivity index (χ0v) is 11.7. The summed E-state index contributed by atoms with van der Waals surface area (Å²) in [6.45, 7) is 5.83. The third kappa shape index (κ3) is 2.74. The molecule has 1 aliphatic rings. The molecule has 1 atom stereocenters. The average molecular weight is 268 g/mol. The van der Waals surface area contributed by atoms with Crippen molar-refractivity contribution in [1.29, 1.82) is 0 Å². The van der Waals surface area contributed by atoms with E-state index in [1.807, 2.05) is 26.0 Å². The molecule has 2 rings (SSSR count). The number of hydrogen-bond acceptors (Lipinski definition) is 3. The first-order chi connectivity index (χ1) is 8.54. The lowest BCUT2D eigenvalue weighted by Crippen LogP contribution is -2.51. The van der Waals surface area contributed by atoms with Crippen molar-refractivity contribution in [2.75, 3.05) is 19.6 Å². The van der Waals surface area contributed by atoms with Crippen molar-refractivity contribution in [1.82, 2.24) is 9.62 Å². The SMILES string of the molecule is CCc1cccc(S(=O)(=O)N2CCNC(C)C2)c1. The minimum Gasteiger partial charge on any atom is -0.312 e. The van der Waals surface area contributed by atoms with Crippen molar-refractivity contribution in [3.8, 4) is 0 Å². The summed E-state index contributed by atoms with van der Waals surface area (Å²) in [4.78, 5) is 0.413. The molecule has 0 spiro atoms. The second kappa shape index (κ2) is 5.38. The van der Waals surface area contributed by atoms with Crippen molar-refractivity contribution in [3.05, 3.63) is 29.8 Å². The summed E-state index contributed by atoms with van der Waals surface area (Å²) in [7, 11) is -3.33. The molecule has 0 amide bonds. The molecule has 1 aromatic carbocycles. The van der Waals surface area contributed by atoms with Gasteiger partial charge < -0.3 is 5.32 Å². The van der Waals surface area contributed by atoms with E-state index in [1.54, 1.807) is 16.4 Å². The maximum absolute atomic E-state index is 12.5. The molecule has 1 N–H and O–H groups in total. The highest BCUT2D eigenvalue weighted by molar-refractivity contribution is 7.89. The van der Waals surface area contributed by atoms with Gasteiger partial charge in [-0.1, -0.05) is 19.1 Å². The first-order valence-electron chi connectivity index (χ1n) is 6.36. The predicted octanol–water partition coefficient (Wildman–Crippen LogP) is 1.23. The Balaban J connectivity index is 2.29. The fourth-order valence-corrected chi connectivity index (χ4v) is 3.79. The van der Waals surface area contributed by atoms with E-state index in [1.165, 1.54) is 0 Å². The first-order valence-corrected chi connectivity index (χ1v) is 7.80. The number of sulfonamides is 1. The Morgan fingerprint density at radius 2 is 2.22 bits per heavy atom. The Bertz CT molecular complexity index is 513. The van der Waals surface area contributed by atoms with Gasteiger partial charge in [0, 0.05) is 25.7 Å². The molecule has 0 aliphatic carbocycles. The number of piperazine rings is 1. The molecule has 0 aromatic heterocycles. The van der Waals surface area contributed by atoms with Gasteiger partial charge in [-0.05, 0) is 31.0 Å². The largest absolute Gasteiger partial charge is 0.312 e. The molecule has 18 heavy (non-hydrogen) atoms. The van der Waals surface area contributed by atoms with Crippen LogP contribution in [0.4, 0.5) is 0 Å². The molecule has 1 aromatic rings. The van der Waals surface area contributed by atoms with Crippen molar-refractivity contribution in [2.24, 2.45) is 0 Å². The van der Waals surface area contributed by atoms with Gasteiger partial charge in [0.1, 0.15) is 0 Å². The van der Waals surface area contributed by atoms with Crippen LogP contribution in [0, 0.1) is 0 Å². The topological polar surface area (TPSA) is 49.4 Å². The van der Waals surface area contributed by atoms with Crippen LogP contribution in [0.3, 0.4) is 0 Å². The normalized spacial score (nSPS) is 22.0. The summed E-state index contributed by atoms with van der Waals surface area (Å²) in [6.07, 6.45) is 0.849. The van der Waals surface area contributed by atoms with E-state index in [-0.39, 0.29) is 6.04 Å². The van der Waals surface area contributed by atoms with Crippen LogP contribution in [0.1, 0.15) is 19.4 Å². The summed E-state index contributed by atoms with van der Waals surface area (Å²) in [5.41, 5.74) is 1.05. The minimum absolute atomic E-state index is 0.211. The van der Waals surface area contributed by atoms with Gasteiger partial charge in [0.15, 0.2) is 0 Å². The fourth-order valence-electron chi connectivity index (χ4n) is 2.19. The van der Waals surface area contributed by atoms with E-state index in [9.17, 15) is 8.42 Å². The molecule has 0 bridgehead atoms. The highest BCUT2D eigenvalue weighted by Gasteiger charge is 2.28. The van der Waals surface area contributed by atoms with Crippen LogP contribution < -0.4 is 5.32 Å². The fraction of sp³-hybridized carbons (Fsp3) is 0.538. The first kappa shape index (κ1) is 13.5. The Hall–Kier alpha value is -0.910. The van der Waals surface area contributed by atoms with Crippen molar-refractivity contribution in [3.63, 3.8) is 0 Å². The van der Waals surface area contributed by atoms with E-state index in [4.69, 9.17) is 0 Å². The van der Waals surface area contributed by atoms with Gasteiger partial charge >= 0.3 is 0 Å². The van der Waals surface area contributed by atoms with Gasteiger partial charge in [0.25, 0.3) is 0 Å². The van der Waals surface area contributed by atoms with E-state index in [0.717, 1.165) is 12.0 Å². The van der Waals surface area contributed by atoms with Crippen LogP contribution in [-0.2, 0) is 16.4 Å². The lowest BCUT2D eigenvalue weighted by Gasteiger charge is -2.31. The third-order valence-corrected chi connectivity index (χ3v) is 5.14. The van der Waals surface area contributed by atoms with Gasteiger partial charge in [0.2, 0.25) is 10.0 Å². The molecular weight excluding hydrogens is 248 g/mol. The molecule has 1 heterocycles. The summed E-state index contributed by atoms with van der Waals surface area (Å²) in [5, 5.41) is 3.25. The number of aryl methyl sites for hydroxylation is 1. The number of rotatable bonds is 3. The van der Waals surface area contributed by atoms with Crippen molar-refractivity contribution < 1.29 is 8.42 Å². The molecule has 4 nitrogen and oxygen atoms in total. The maximum Gasteiger partial charge on any atom is 0.243 e. The van der Waals surface area contributed by atoms with Crippen LogP contribution >= 0.6 is 0 Å². The van der Waals surface area contributed by atoms with Crippen LogP contribution in [0.5, 0.6) is 0 Å². The van der Waals surface area contributed by atoms with E-state index < -0.39 is 10.0 Å². The number of nitrogens with one attached hydrogen (secondary N) is 1. The summed E-state index contributed by atoms with van der Waals surface area (Å²) in [6, 6.07) is 7.45. The number of hydrogen-bond donors (Lipinski definition) is 1. The summed E-state index contributed by atoms with van der Waals surface area (Å²) >= 11 is 0. The molecule has 1 saturated heterocycles. The van der Waals surface area contributed by atoms with Crippen LogP contribution in [0.2, 0.25) is 0 Å². The van der Waals surface area contributed by atoms with Gasteiger partial charge in [-0.25, -0.2) is 8.42 Å². The summed E-state index contributed by atoms with van der Waals surface area (Å²) in [5.74, 6) is 0. The predicted molar refractivity (Wildman–Crippen MR) is 72.0 cm³/mol. The van der Waals surface area contributed by atoms with E-state index >= 15 is 0 Å².